The van der Waals surface area contributed by atoms with Crippen molar-refractivity contribution >= 4 is 27.7 Å². The highest BCUT2D eigenvalue weighted by Crippen LogP contribution is 2.31. The molecule has 0 N–H and O–H groups in total. The molecule has 144 valence electrons. The fraction of sp³-hybridized carbons (Fsp3) is 0.364. The third kappa shape index (κ3) is 2.85. The molecule has 0 amide bonds. The van der Waals surface area contributed by atoms with Crippen LogP contribution in [0.5, 0.6) is 0 Å². The monoisotopic (exact) mass is 376 g/mol. The fourth-order valence-electron chi connectivity index (χ4n) is 4.00. The van der Waals surface area contributed by atoms with Gasteiger partial charge in [-0.1, -0.05) is 12.1 Å². The van der Waals surface area contributed by atoms with Crippen LogP contribution in [0.15, 0.2) is 40.9 Å². The summed E-state index contributed by atoms with van der Waals surface area (Å²) in [5, 5.41) is 5.12. The second-order valence-electron chi connectivity index (χ2n) is 7.34. The van der Waals surface area contributed by atoms with Gasteiger partial charge in [0.05, 0.1) is 29.9 Å². The third-order valence-corrected chi connectivity index (χ3v) is 5.46. The first-order valence-electron chi connectivity index (χ1n) is 9.94. The summed E-state index contributed by atoms with van der Waals surface area (Å²) in [6, 6.07) is 12.8. The number of imidazole rings is 1. The van der Waals surface area contributed by atoms with Gasteiger partial charge in [0.2, 0.25) is 0 Å². The number of fused-ring (bicyclic) bond motifs is 2. The van der Waals surface area contributed by atoms with E-state index in [0.29, 0.717) is 0 Å². The van der Waals surface area contributed by atoms with Crippen LogP contribution in [-0.2, 0) is 11.3 Å². The minimum absolute atomic E-state index is 0.787. The van der Waals surface area contributed by atoms with Crippen molar-refractivity contribution in [3.05, 3.63) is 42.1 Å². The first-order valence-corrected chi connectivity index (χ1v) is 9.94. The van der Waals surface area contributed by atoms with E-state index in [2.05, 4.69) is 51.9 Å². The van der Waals surface area contributed by atoms with Gasteiger partial charge in [0, 0.05) is 36.3 Å². The number of rotatable bonds is 4. The van der Waals surface area contributed by atoms with E-state index in [1.165, 1.54) is 11.2 Å². The lowest BCUT2D eigenvalue weighted by molar-refractivity contribution is 0.122. The summed E-state index contributed by atoms with van der Waals surface area (Å²) in [4.78, 5) is 7.36. The van der Waals surface area contributed by atoms with Crippen molar-refractivity contribution in [1.82, 2.24) is 14.7 Å². The molecule has 6 heteroatoms. The third-order valence-electron chi connectivity index (χ3n) is 5.46. The van der Waals surface area contributed by atoms with Crippen LogP contribution in [0.2, 0.25) is 0 Å². The predicted octanol–water partition coefficient (Wildman–Crippen LogP) is 4.40. The number of aryl methyl sites for hydroxylation is 2. The predicted molar refractivity (Wildman–Crippen MR) is 111 cm³/mol. The van der Waals surface area contributed by atoms with Crippen LogP contribution in [0.3, 0.4) is 0 Å². The van der Waals surface area contributed by atoms with Gasteiger partial charge in [-0.25, -0.2) is 4.98 Å². The quantitative estimate of drug-likeness (QED) is 0.528. The standard InChI is InChI=1S/C22H24N4O2/c1-3-8-26-20-14-17(25-9-11-27-12-10-25)5-6-19(20)23-22(26)16-4-7-21-18(13-16)15(2)24-28-21/h4-7,13-14H,3,8-12H2,1-2H3. The summed E-state index contributed by atoms with van der Waals surface area (Å²) < 4.78 is 13.2. The van der Waals surface area contributed by atoms with Gasteiger partial charge >= 0.3 is 0 Å². The van der Waals surface area contributed by atoms with Crippen molar-refractivity contribution in [3.63, 3.8) is 0 Å². The van der Waals surface area contributed by atoms with Gasteiger partial charge in [-0.3, -0.25) is 0 Å². The second-order valence-corrected chi connectivity index (χ2v) is 7.34. The summed E-state index contributed by atoms with van der Waals surface area (Å²) in [7, 11) is 0. The molecular formula is C22H24N4O2. The Kier molecular flexibility index (Phi) is 4.28. The molecule has 0 unspecified atom stereocenters. The second kappa shape index (κ2) is 6.95. The highest BCUT2D eigenvalue weighted by molar-refractivity contribution is 5.88. The Balaban J connectivity index is 1.64. The van der Waals surface area contributed by atoms with Gasteiger partial charge in [-0.15, -0.1) is 0 Å². The van der Waals surface area contributed by atoms with Gasteiger partial charge in [0.15, 0.2) is 5.58 Å². The maximum absolute atomic E-state index is 5.50. The molecule has 0 saturated carbocycles. The maximum Gasteiger partial charge on any atom is 0.167 e. The van der Waals surface area contributed by atoms with Crippen LogP contribution in [0, 0.1) is 6.92 Å². The highest BCUT2D eigenvalue weighted by atomic mass is 16.5. The highest BCUT2D eigenvalue weighted by Gasteiger charge is 2.17. The summed E-state index contributed by atoms with van der Waals surface area (Å²) in [5.74, 6) is 0.999. The molecule has 1 saturated heterocycles. The Hall–Kier alpha value is -2.86. The summed E-state index contributed by atoms with van der Waals surface area (Å²) in [6.07, 6.45) is 1.05. The van der Waals surface area contributed by atoms with E-state index >= 15 is 0 Å². The molecule has 0 spiro atoms. The van der Waals surface area contributed by atoms with Crippen molar-refractivity contribution in [2.24, 2.45) is 0 Å². The van der Waals surface area contributed by atoms with Gasteiger partial charge in [-0.2, -0.15) is 0 Å². The zero-order chi connectivity index (χ0) is 19.1. The van der Waals surface area contributed by atoms with Gasteiger partial charge in [0.1, 0.15) is 5.82 Å². The van der Waals surface area contributed by atoms with Gasteiger partial charge in [-0.05, 0) is 49.7 Å². The zero-order valence-electron chi connectivity index (χ0n) is 16.3. The number of morpholine rings is 1. The first-order chi connectivity index (χ1) is 13.7. The maximum atomic E-state index is 5.50. The van der Waals surface area contributed by atoms with E-state index in [1.807, 2.05) is 13.0 Å². The Bertz CT molecular complexity index is 1140. The molecule has 0 atom stereocenters. The van der Waals surface area contributed by atoms with Gasteiger partial charge < -0.3 is 18.7 Å². The van der Waals surface area contributed by atoms with Crippen molar-refractivity contribution in [2.75, 3.05) is 31.2 Å². The molecule has 28 heavy (non-hydrogen) atoms. The molecule has 1 aliphatic heterocycles. The summed E-state index contributed by atoms with van der Waals surface area (Å²) in [6.45, 7) is 8.55. The average molecular weight is 376 g/mol. The molecular weight excluding hydrogens is 352 g/mol. The molecule has 4 aromatic rings. The van der Waals surface area contributed by atoms with Crippen molar-refractivity contribution in [1.29, 1.82) is 0 Å². The lowest BCUT2D eigenvalue weighted by Gasteiger charge is -2.28. The fourth-order valence-corrected chi connectivity index (χ4v) is 4.00. The van der Waals surface area contributed by atoms with E-state index in [0.717, 1.165) is 72.8 Å². The normalized spacial score (nSPS) is 15.0. The van der Waals surface area contributed by atoms with Crippen LogP contribution >= 0.6 is 0 Å². The number of anilines is 1. The minimum atomic E-state index is 0.787. The van der Waals surface area contributed by atoms with Crippen molar-refractivity contribution < 1.29 is 9.26 Å². The Morgan fingerprint density at radius 1 is 1.07 bits per heavy atom. The van der Waals surface area contributed by atoms with E-state index in [9.17, 15) is 0 Å². The molecule has 2 aromatic carbocycles. The first kappa shape index (κ1) is 17.3. The van der Waals surface area contributed by atoms with E-state index in [4.69, 9.17) is 14.2 Å². The number of aromatic nitrogens is 3. The largest absolute Gasteiger partial charge is 0.378 e. The molecule has 2 aromatic heterocycles. The van der Waals surface area contributed by atoms with Crippen LogP contribution in [-0.4, -0.2) is 41.0 Å². The van der Waals surface area contributed by atoms with E-state index in [1.54, 1.807) is 0 Å². The number of hydrogen-bond acceptors (Lipinski definition) is 5. The Labute approximate surface area is 163 Å². The van der Waals surface area contributed by atoms with E-state index < -0.39 is 0 Å². The summed E-state index contributed by atoms with van der Waals surface area (Å²) in [5.41, 5.74) is 6.27. The number of ether oxygens (including phenoxy) is 1. The molecule has 6 nitrogen and oxygen atoms in total. The molecule has 1 fully saturated rings. The molecule has 0 radical (unpaired) electrons. The van der Waals surface area contributed by atoms with Crippen LogP contribution in [0.4, 0.5) is 5.69 Å². The zero-order valence-corrected chi connectivity index (χ0v) is 16.3. The molecule has 0 aliphatic carbocycles. The Morgan fingerprint density at radius 2 is 1.93 bits per heavy atom. The number of nitrogens with zero attached hydrogens (tertiary/aromatic N) is 4. The lowest BCUT2D eigenvalue weighted by Crippen LogP contribution is -2.36. The van der Waals surface area contributed by atoms with E-state index in [-0.39, 0.29) is 0 Å². The number of benzene rings is 2. The van der Waals surface area contributed by atoms with Crippen LogP contribution in [0.25, 0.3) is 33.4 Å². The molecule has 0 bridgehead atoms. The molecule has 1 aliphatic rings. The van der Waals surface area contributed by atoms with Crippen molar-refractivity contribution in [2.45, 2.75) is 26.8 Å². The minimum Gasteiger partial charge on any atom is -0.378 e. The molecule has 5 rings (SSSR count). The number of hydrogen-bond donors (Lipinski definition) is 0. The smallest absolute Gasteiger partial charge is 0.167 e. The molecule has 3 heterocycles. The van der Waals surface area contributed by atoms with Crippen LogP contribution in [0.1, 0.15) is 19.0 Å². The SMILES string of the molecule is CCCn1c(-c2ccc3onc(C)c3c2)nc2ccc(N3CCOCC3)cc21. The van der Waals surface area contributed by atoms with Crippen LogP contribution < -0.4 is 4.90 Å². The van der Waals surface area contributed by atoms with Gasteiger partial charge in [0.25, 0.3) is 0 Å². The lowest BCUT2D eigenvalue weighted by atomic mass is 10.1. The Morgan fingerprint density at radius 3 is 2.75 bits per heavy atom. The average Bonchev–Trinajstić information content (AvgIpc) is 3.29. The topological polar surface area (TPSA) is 56.3 Å². The summed E-state index contributed by atoms with van der Waals surface area (Å²) >= 11 is 0. The van der Waals surface area contributed by atoms with Crippen molar-refractivity contribution in [3.8, 4) is 11.4 Å².